The van der Waals surface area contributed by atoms with Gasteiger partial charge < -0.3 is 19.3 Å². The number of benzene rings is 2. The molecular weight excluding hydrogens is 360 g/mol. The second-order valence-corrected chi connectivity index (χ2v) is 6.75. The molecule has 0 radical (unpaired) electrons. The van der Waals surface area contributed by atoms with Crippen molar-refractivity contribution < 1.29 is 28.9 Å². The second kappa shape index (κ2) is 8.17. The van der Waals surface area contributed by atoms with Crippen molar-refractivity contribution in [3.8, 4) is 11.5 Å². The van der Waals surface area contributed by atoms with Gasteiger partial charge in [0.25, 0.3) is 0 Å². The lowest BCUT2D eigenvalue weighted by Crippen LogP contribution is -2.20. The zero-order valence-corrected chi connectivity index (χ0v) is 15.9. The van der Waals surface area contributed by atoms with E-state index in [1.165, 1.54) is 13.2 Å². The van der Waals surface area contributed by atoms with Crippen LogP contribution in [-0.2, 0) is 19.1 Å². The Morgan fingerprint density at radius 1 is 1.14 bits per heavy atom. The quantitative estimate of drug-likeness (QED) is 0.627. The molecule has 3 rings (SSSR count). The molecule has 28 heavy (non-hydrogen) atoms. The standard InChI is InChI=1S/C22H22O6/c1-13(2)27-19(24)11-5-14-4-10-18-17(12-14)20(22(25)26-3)21(28-18)15-6-8-16(23)9-7-15/h4-13,20-21,23H,1-3H3/b11-5+/t20-,21+/m0/s1. The van der Waals surface area contributed by atoms with Gasteiger partial charge in [-0.2, -0.15) is 0 Å². The largest absolute Gasteiger partial charge is 0.508 e. The predicted octanol–water partition coefficient (Wildman–Crippen LogP) is 3.75. The molecule has 0 spiro atoms. The van der Waals surface area contributed by atoms with Crippen LogP contribution in [0.4, 0.5) is 0 Å². The predicted molar refractivity (Wildman–Crippen MR) is 103 cm³/mol. The Morgan fingerprint density at radius 2 is 1.86 bits per heavy atom. The zero-order valence-electron chi connectivity index (χ0n) is 15.9. The van der Waals surface area contributed by atoms with E-state index in [4.69, 9.17) is 14.2 Å². The second-order valence-electron chi connectivity index (χ2n) is 6.75. The van der Waals surface area contributed by atoms with Gasteiger partial charge in [0.15, 0.2) is 0 Å². The molecule has 146 valence electrons. The summed E-state index contributed by atoms with van der Waals surface area (Å²) in [5, 5.41) is 9.51. The number of rotatable bonds is 5. The molecule has 2 atom stereocenters. The van der Waals surface area contributed by atoms with E-state index in [0.717, 1.165) is 11.1 Å². The number of methoxy groups -OCH3 is 1. The topological polar surface area (TPSA) is 82.1 Å². The maximum atomic E-state index is 12.5. The molecule has 0 saturated carbocycles. The molecule has 1 N–H and O–H groups in total. The van der Waals surface area contributed by atoms with Crippen molar-refractivity contribution in [1.29, 1.82) is 0 Å². The maximum absolute atomic E-state index is 12.5. The fraction of sp³-hybridized carbons (Fsp3) is 0.273. The summed E-state index contributed by atoms with van der Waals surface area (Å²) in [6.45, 7) is 3.56. The number of carbonyl (C=O) groups is 2. The average molecular weight is 382 g/mol. The van der Waals surface area contributed by atoms with E-state index in [-0.39, 0.29) is 11.9 Å². The molecule has 6 nitrogen and oxygen atoms in total. The summed E-state index contributed by atoms with van der Waals surface area (Å²) < 4.78 is 16.1. The fourth-order valence-electron chi connectivity index (χ4n) is 3.13. The van der Waals surface area contributed by atoms with Gasteiger partial charge in [0.1, 0.15) is 23.5 Å². The summed E-state index contributed by atoms with van der Waals surface area (Å²) in [6, 6.07) is 11.9. The summed E-state index contributed by atoms with van der Waals surface area (Å²) >= 11 is 0. The Kier molecular flexibility index (Phi) is 5.68. The lowest BCUT2D eigenvalue weighted by atomic mass is 9.90. The summed E-state index contributed by atoms with van der Waals surface area (Å²) in [5.41, 5.74) is 2.18. The number of phenolic OH excluding ortho intramolecular Hbond substituents is 1. The third kappa shape index (κ3) is 4.17. The molecule has 0 aliphatic carbocycles. The first-order valence-corrected chi connectivity index (χ1v) is 8.95. The molecule has 0 fully saturated rings. The SMILES string of the molecule is COC(=O)[C@H]1c2cc(/C=C/C(=O)OC(C)C)ccc2O[C@@H]1c1ccc(O)cc1. The summed E-state index contributed by atoms with van der Waals surface area (Å²) in [7, 11) is 1.33. The molecule has 0 unspecified atom stereocenters. The van der Waals surface area contributed by atoms with Gasteiger partial charge in [0.05, 0.1) is 13.2 Å². The lowest BCUT2D eigenvalue weighted by Gasteiger charge is -2.17. The molecule has 2 aromatic carbocycles. The minimum absolute atomic E-state index is 0.134. The Morgan fingerprint density at radius 3 is 2.50 bits per heavy atom. The van der Waals surface area contributed by atoms with Crippen molar-refractivity contribution in [3.05, 3.63) is 65.2 Å². The molecule has 1 aliphatic rings. The highest BCUT2D eigenvalue weighted by Crippen LogP contribution is 2.47. The molecule has 2 aromatic rings. The minimum Gasteiger partial charge on any atom is -0.508 e. The summed E-state index contributed by atoms with van der Waals surface area (Å²) in [5.74, 6) is -0.791. The van der Waals surface area contributed by atoms with Crippen LogP contribution in [-0.4, -0.2) is 30.3 Å². The number of aromatic hydroxyl groups is 1. The normalized spacial score (nSPS) is 18.0. The number of fused-ring (bicyclic) bond motifs is 1. The van der Waals surface area contributed by atoms with E-state index in [0.29, 0.717) is 11.3 Å². The van der Waals surface area contributed by atoms with Crippen LogP contribution < -0.4 is 4.74 Å². The Bertz CT molecular complexity index is 898. The number of esters is 2. The molecule has 1 heterocycles. The number of carbonyl (C=O) groups excluding carboxylic acids is 2. The van der Waals surface area contributed by atoms with Gasteiger partial charge in [-0.1, -0.05) is 18.2 Å². The molecule has 6 heteroatoms. The molecular formula is C22H22O6. The third-order valence-electron chi connectivity index (χ3n) is 4.37. The van der Waals surface area contributed by atoms with Crippen LogP contribution in [0.5, 0.6) is 11.5 Å². The third-order valence-corrected chi connectivity index (χ3v) is 4.37. The van der Waals surface area contributed by atoms with Gasteiger partial charge >= 0.3 is 11.9 Å². The monoisotopic (exact) mass is 382 g/mol. The number of ether oxygens (including phenoxy) is 3. The fourth-order valence-corrected chi connectivity index (χ4v) is 3.13. The summed E-state index contributed by atoms with van der Waals surface area (Å²) in [4.78, 5) is 24.2. The van der Waals surface area contributed by atoms with Gasteiger partial charge in [-0.25, -0.2) is 4.79 Å². The highest BCUT2D eigenvalue weighted by molar-refractivity contribution is 5.87. The van der Waals surface area contributed by atoms with Gasteiger partial charge in [-0.15, -0.1) is 0 Å². The van der Waals surface area contributed by atoms with E-state index in [9.17, 15) is 14.7 Å². The van der Waals surface area contributed by atoms with Crippen LogP contribution in [0.15, 0.2) is 48.5 Å². The van der Waals surface area contributed by atoms with Crippen LogP contribution in [0.1, 0.15) is 42.6 Å². The first-order chi connectivity index (χ1) is 13.4. The van der Waals surface area contributed by atoms with Crippen LogP contribution in [0, 0.1) is 0 Å². The van der Waals surface area contributed by atoms with Crippen molar-refractivity contribution in [3.63, 3.8) is 0 Å². The van der Waals surface area contributed by atoms with Crippen molar-refractivity contribution in [2.24, 2.45) is 0 Å². The first kappa shape index (κ1) is 19.5. The highest BCUT2D eigenvalue weighted by atomic mass is 16.5. The molecule has 0 bridgehead atoms. The van der Waals surface area contributed by atoms with Crippen molar-refractivity contribution in [2.45, 2.75) is 32.0 Å². The molecule has 0 amide bonds. The highest BCUT2D eigenvalue weighted by Gasteiger charge is 2.41. The summed E-state index contributed by atoms with van der Waals surface area (Å²) in [6.07, 6.45) is 2.23. The van der Waals surface area contributed by atoms with Crippen molar-refractivity contribution in [1.82, 2.24) is 0 Å². The average Bonchev–Trinajstić information content (AvgIpc) is 3.04. The first-order valence-electron chi connectivity index (χ1n) is 8.95. The van der Waals surface area contributed by atoms with Gasteiger partial charge in [0, 0.05) is 11.6 Å². The van der Waals surface area contributed by atoms with E-state index < -0.39 is 24.0 Å². The van der Waals surface area contributed by atoms with E-state index in [2.05, 4.69) is 0 Å². The Labute approximate surface area is 163 Å². The smallest absolute Gasteiger partial charge is 0.331 e. The lowest BCUT2D eigenvalue weighted by molar-refractivity contribution is -0.144. The van der Waals surface area contributed by atoms with Crippen molar-refractivity contribution in [2.75, 3.05) is 7.11 Å². The van der Waals surface area contributed by atoms with Crippen LogP contribution >= 0.6 is 0 Å². The van der Waals surface area contributed by atoms with E-state index >= 15 is 0 Å². The van der Waals surface area contributed by atoms with Gasteiger partial charge in [-0.05, 0) is 55.3 Å². The van der Waals surface area contributed by atoms with Crippen LogP contribution in [0.2, 0.25) is 0 Å². The molecule has 0 aromatic heterocycles. The van der Waals surface area contributed by atoms with Crippen LogP contribution in [0.3, 0.4) is 0 Å². The number of hydrogen-bond acceptors (Lipinski definition) is 6. The van der Waals surface area contributed by atoms with Crippen LogP contribution in [0.25, 0.3) is 6.08 Å². The molecule has 0 saturated heterocycles. The maximum Gasteiger partial charge on any atom is 0.331 e. The van der Waals surface area contributed by atoms with Gasteiger partial charge in [-0.3, -0.25) is 4.79 Å². The minimum atomic E-state index is -0.652. The van der Waals surface area contributed by atoms with E-state index in [1.807, 2.05) is 0 Å². The van der Waals surface area contributed by atoms with E-state index in [1.54, 1.807) is 62.4 Å². The number of phenols is 1. The zero-order chi connectivity index (χ0) is 20.3. The Hall–Kier alpha value is -3.28. The number of hydrogen-bond donors (Lipinski definition) is 1. The van der Waals surface area contributed by atoms with Gasteiger partial charge in [0.2, 0.25) is 0 Å². The van der Waals surface area contributed by atoms with Crippen molar-refractivity contribution >= 4 is 18.0 Å². The molecule has 1 aliphatic heterocycles. The Balaban J connectivity index is 1.91.